The van der Waals surface area contributed by atoms with Gasteiger partial charge in [0.1, 0.15) is 0 Å². The topological polar surface area (TPSA) is 94.9 Å². The smallest absolute Gasteiger partial charge is 0.417 e. The predicted octanol–water partition coefficient (Wildman–Crippen LogP) is 2.98. The van der Waals surface area contributed by atoms with E-state index in [9.17, 15) is 18.0 Å². The lowest BCUT2D eigenvalue weighted by Gasteiger charge is -2.20. The summed E-state index contributed by atoms with van der Waals surface area (Å²) in [7, 11) is 0. The lowest BCUT2D eigenvalue weighted by Crippen LogP contribution is -2.35. The molecule has 1 unspecified atom stereocenters. The highest BCUT2D eigenvalue weighted by atomic mass is 19.4. The Kier molecular flexibility index (Phi) is 4.99. The van der Waals surface area contributed by atoms with Crippen molar-refractivity contribution in [2.75, 3.05) is 0 Å². The minimum absolute atomic E-state index is 0.0686. The summed E-state index contributed by atoms with van der Waals surface area (Å²) in [5.41, 5.74) is 4.26. The number of halogens is 3. The van der Waals surface area contributed by atoms with Gasteiger partial charge in [-0.05, 0) is 31.9 Å². The number of hydrogen-bond donors (Lipinski definition) is 1. The minimum atomic E-state index is -4.47. The second kappa shape index (κ2) is 6.55. The molecule has 0 aliphatic heterocycles. The van der Waals surface area contributed by atoms with E-state index in [2.05, 4.69) is 15.2 Å². The van der Waals surface area contributed by atoms with E-state index in [1.165, 1.54) is 6.07 Å². The van der Waals surface area contributed by atoms with E-state index < -0.39 is 29.0 Å². The molecule has 136 valence electrons. The number of nitrogens with two attached hydrogens (primary N) is 1. The summed E-state index contributed by atoms with van der Waals surface area (Å²) in [6, 6.07) is 1.40. The molecule has 0 bridgehead atoms. The van der Waals surface area contributed by atoms with Crippen molar-refractivity contribution in [1.82, 2.24) is 15.2 Å². The van der Waals surface area contributed by atoms with Crippen molar-refractivity contribution in [1.29, 1.82) is 0 Å². The van der Waals surface area contributed by atoms with E-state index in [4.69, 9.17) is 10.2 Å². The Balaban J connectivity index is 2.30. The predicted molar refractivity (Wildman–Crippen MR) is 82.8 cm³/mol. The summed E-state index contributed by atoms with van der Waals surface area (Å²) in [5.74, 6) is -0.743. The summed E-state index contributed by atoms with van der Waals surface area (Å²) in [4.78, 5) is 16.0. The lowest BCUT2D eigenvalue weighted by molar-refractivity contribution is -0.137. The second-order valence-corrected chi connectivity index (χ2v) is 6.60. The molecule has 6 nitrogen and oxygen atoms in total. The van der Waals surface area contributed by atoms with Crippen LogP contribution in [0.2, 0.25) is 0 Å². The molecule has 2 aromatic rings. The van der Waals surface area contributed by atoms with Crippen LogP contribution >= 0.6 is 0 Å². The largest absolute Gasteiger partial charge is 0.417 e. The number of alkyl halides is 3. The van der Waals surface area contributed by atoms with Crippen molar-refractivity contribution in [3.63, 3.8) is 0 Å². The fraction of sp³-hybridized carbons (Fsp3) is 0.500. The van der Waals surface area contributed by atoms with Crippen molar-refractivity contribution >= 4 is 5.78 Å². The Morgan fingerprint density at radius 1 is 1.20 bits per heavy atom. The maximum absolute atomic E-state index is 12.6. The molecule has 0 saturated carbocycles. The first-order valence-corrected chi connectivity index (χ1v) is 7.62. The number of hydrogen-bond acceptors (Lipinski definition) is 6. The van der Waals surface area contributed by atoms with Crippen LogP contribution < -0.4 is 5.73 Å². The summed E-state index contributed by atoms with van der Waals surface area (Å²) in [6.45, 7) is 6.89. The number of carbonyl (C=O) groups excluding carboxylic acids is 1. The molecule has 25 heavy (non-hydrogen) atoms. The van der Waals surface area contributed by atoms with Crippen LogP contribution in [0.4, 0.5) is 13.2 Å². The van der Waals surface area contributed by atoms with Crippen molar-refractivity contribution in [3.8, 4) is 0 Å². The van der Waals surface area contributed by atoms with Crippen LogP contribution in [0.1, 0.15) is 55.5 Å². The van der Waals surface area contributed by atoms with Gasteiger partial charge in [-0.25, -0.2) is 0 Å². The fourth-order valence-corrected chi connectivity index (χ4v) is 2.06. The summed E-state index contributed by atoms with van der Waals surface area (Å²) in [6.07, 6.45) is -3.72. The van der Waals surface area contributed by atoms with Crippen molar-refractivity contribution < 1.29 is 22.4 Å². The highest BCUT2D eigenvalue weighted by molar-refractivity contribution is 5.96. The first-order chi connectivity index (χ1) is 11.4. The number of aromatic nitrogens is 3. The van der Waals surface area contributed by atoms with E-state index >= 15 is 0 Å². The van der Waals surface area contributed by atoms with Gasteiger partial charge in [-0.1, -0.05) is 13.8 Å². The van der Waals surface area contributed by atoms with Crippen LogP contribution in [0.5, 0.6) is 0 Å². The molecule has 2 rings (SSSR count). The standard InChI is InChI=1S/C16H19F3N4O2/c1-8(2)11(20)12(24)13-22-23-14(25-13)15(3,4)10-6-5-9(7-21-10)16(17,18)19/h5-8,11H,20H2,1-4H3. The quantitative estimate of drug-likeness (QED) is 0.828. The first-order valence-electron chi connectivity index (χ1n) is 7.62. The van der Waals surface area contributed by atoms with E-state index in [0.29, 0.717) is 5.69 Å². The highest BCUT2D eigenvalue weighted by Gasteiger charge is 2.35. The summed E-state index contributed by atoms with van der Waals surface area (Å²) >= 11 is 0. The Labute approximate surface area is 142 Å². The monoisotopic (exact) mass is 356 g/mol. The Morgan fingerprint density at radius 3 is 2.32 bits per heavy atom. The van der Waals surface area contributed by atoms with Crippen LogP contribution in [0.25, 0.3) is 0 Å². The maximum Gasteiger partial charge on any atom is 0.417 e. The van der Waals surface area contributed by atoms with Gasteiger partial charge in [-0.3, -0.25) is 9.78 Å². The Hall–Kier alpha value is -2.29. The fourth-order valence-electron chi connectivity index (χ4n) is 2.06. The van der Waals surface area contributed by atoms with Gasteiger partial charge in [0.2, 0.25) is 11.7 Å². The number of ketones is 1. The molecule has 0 saturated heterocycles. The van der Waals surface area contributed by atoms with Gasteiger partial charge >= 0.3 is 6.18 Å². The molecule has 2 N–H and O–H groups in total. The molecule has 0 spiro atoms. The number of Topliss-reactive ketones (excluding diaryl/α,β-unsaturated/α-hetero) is 1. The molecule has 2 aromatic heterocycles. The third kappa shape index (κ3) is 3.87. The average Bonchev–Trinajstić information content (AvgIpc) is 3.03. The first kappa shape index (κ1) is 19.0. The number of carbonyl (C=O) groups is 1. The van der Waals surface area contributed by atoms with Crippen molar-refractivity contribution in [2.45, 2.75) is 45.3 Å². The maximum atomic E-state index is 12.6. The zero-order valence-corrected chi connectivity index (χ0v) is 14.3. The van der Waals surface area contributed by atoms with Gasteiger partial charge in [0.25, 0.3) is 5.89 Å². The van der Waals surface area contributed by atoms with E-state index in [-0.39, 0.29) is 17.7 Å². The van der Waals surface area contributed by atoms with Gasteiger partial charge in [0, 0.05) is 6.20 Å². The van der Waals surface area contributed by atoms with Gasteiger partial charge < -0.3 is 10.2 Å². The van der Waals surface area contributed by atoms with Gasteiger partial charge in [0.15, 0.2) is 0 Å². The average molecular weight is 356 g/mol. The van der Waals surface area contributed by atoms with E-state index in [0.717, 1.165) is 12.3 Å². The molecule has 0 aromatic carbocycles. The van der Waals surface area contributed by atoms with E-state index in [1.807, 2.05) is 0 Å². The van der Waals surface area contributed by atoms with Gasteiger partial charge in [-0.15, -0.1) is 10.2 Å². The molecule has 0 radical (unpaired) electrons. The number of rotatable bonds is 5. The molecule has 0 aliphatic carbocycles. The van der Waals surface area contributed by atoms with Crippen LogP contribution in [0, 0.1) is 5.92 Å². The van der Waals surface area contributed by atoms with Crippen molar-refractivity contribution in [3.05, 3.63) is 41.4 Å². The third-order valence-corrected chi connectivity index (χ3v) is 3.92. The molecule has 1 atom stereocenters. The zero-order valence-electron chi connectivity index (χ0n) is 14.3. The molecular formula is C16H19F3N4O2. The van der Waals surface area contributed by atoms with E-state index in [1.54, 1.807) is 27.7 Å². The summed E-state index contributed by atoms with van der Waals surface area (Å²) in [5, 5.41) is 7.56. The second-order valence-electron chi connectivity index (χ2n) is 6.60. The number of pyridine rings is 1. The number of nitrogens with zero attached hydrogens (tertiary/aromatic N) is 3. The normalized spacial score (nSPS) is 14.0. The van der Waals surface area contributed by atoms with Crippen LogP contribution in [0.15, 0.2) is 22.7 Å². The van der Waals surface area contributed by atoms with Crippen LogP contribution in [-0.2, 0) is 11.6 Å². The molecule has 0 amide bonds. The summed E-state index contributed by atoms with van der Waals surface area (Å²) < 4.78 is 43.3. The van der Waals surface area contributed by atoms with Crippen LogP contribution in [0.3, 0.4) is 0 Å². The molecule has 0 fully saturated rings. The zero-order chi connectivity index (χ0) is 19.0. The molecule has 0 aliphatic rings. The van der Waals surface area contributed by atoms with Crippen molar-refractivity contribution in [2.24, 2.45) is 11.7 Å². The van der Waals surface area contributed by atoms with Gasteiger partial charge in [-0.2, -0.15) is 13.2 Å². The lowest BCUT2D eigenvalue weighted by atomic mass is 9.88. The molecule has 9 heteroatoms. The molecule has 2 heterocycles. The van der Waals surface area contributed by atoms with Gasteiger partial charge in [0.05, 0.1) is 22.7 Å². The van der Waals surface area contributed by atoms with Crippen LogP contribution in [-0.4, -0.2) is 27.0 Å². The third-order valence-electron chi connectivity index (χ3n) is 3.92. The minimum Gasteiger partial charge on any atom is -0.417 e. The Morgan fingerprint density at radius 2 is 1.84 bits per heavy atom. The Bertz CT molecular complexity index is 751. The highest BCUT2D eigenvalue weighted by Crippen LogP contribution is 2.32. The molecular weight excluding hydrogens is 337 g/mol. The SMILES string of the molecule is CC(C)C(N)C(=O)c1nnc(C(C)(C)c2ccc(C(F)(F)F)cn2)o1.